The third-order valence-corrected chi connectivity index (χ3v) is 2.47. The summed E-state index contributed by atoms with van der Waals surface area (Å²) < 4.78 is 1.63. The molecule has 0 aliphatic rings. The minimum absolute atomic E-state index is 0.828. The van der Waals surface area contributed by atoms with Gasteiger partial charge in [0, 0.05) is 22.5 Å². The fourth-order valence-corrected chi connectivity index (χ4v) is 1.82. The molecular weight excluding hydrogens is 171 g/mol. The highest BCUT2D eigenvalue weighted by Crippen LogP contribution is 2.25. The van der Waals surface area contributed by atoms with Crippen molar-refractivity contribution in [2.24, 2.45) is 0 Å². The van der Waals surface area contributed by atoms with E-state index >= 15 is 0 Å². The molecule has 0 fully saturated rings. The monoisotopic (exact) mass is 178 g/mol. The largest absolute Gasteiger partial charge is 0.382 e. The number of rotatable bonds is 0. The lowest BCUT2D eigenvalue weighted by Crippen LogP contribution is -1.91. The zero-order chi connectivity index (χ0) is 9.54. The average Bonchev–Trinajstić information content (AvgIpc) is 2.55. The predicted molar refractivity (Wildman–Crippen MR) is 58.4 cm³/mol. The van der Waals surface area contributed by atoms with Gasteiger partial charge in [-0.1, -0.05) is 18.2 Å². The lowest BCUT2D eigenvalue weighted by molar-refractivity contribution is 1.28. The zero-order valence-electron chi connectivity index (χ0n) is 7.51. The van der Waals surface area contributed by atoms with Crippen LogP contribution in [0.15, 0.2) is 42.6 Å². The van der Waals surface area contributed by atoms with Crippen LogP contribution >= 0.6 is 0 Å². The van der Waals surface area contributed by atoms with Crippen LogP contribution in [0.25, 0.3) is 21.9 Å². The summed E-state index contributed by atoms with van der Waals surface area (Å²) in [6.07, 6.45) is 1.75. The Balaban J connectivity index is 2.69. The fraction of sp³-hybridized carbons (Fsp3) is 0. The molecule has 0 N–H and O–H groups in total. The SMILES string of the molecule is [B]n1c2ccccc2c2cccnc21. The summed E-state index contributed by atoms with van der Waals surface area (Å²) in [5.41, 5.74) is 1.84. The minimum atomic E-state index is 0.828. The summed E-state index contributed by atoms with van der Waals surface area (Å²) in [7, 11) is 5.93. The lowest BCUT2D eigenvalue weighted by atomic mass is 10.2. The van der Waals surface area contributed by atoms with Crippen molar-refractivity contribution in [1.29, 1.82) is 0 Å². The molecule has 2 nitrogen and oxygen atoms in total. The van der Waals surface area contributed by atoms with Crippen molar-refractivity contribution < 1.29 is 0 Å². The molecule has 2 radical (unpaired) electrons. The van der Waals surface area contributed by atoms with E-state index in [1.807, 2.05) is 30.3 Å². The number of fused-ring (bicyclic) bond motifs is 3. The summed E-state index contributed by atoms with van der Waals surface area (Å²) in [5, 5.41) is 2.25. The molecule has 0 amide bonds. The van der Waals surface area contributed by atoms with Crippen LogP contribution in [0.4, 0.5) is 0 Å². The Morgan fingerprint density at radius 3 is 2.71 bits per heavy atom. The molecule has 64 valence electrons. The second-order valence-electron chi connectivity index (χ2n) is 3.26. The summed E-state index contributed by atoms with van der Waals surface area (Å²) in [6, 6.07) is 12.0. The van der Waals surface area contributed by atoms with E-state index in [2.05, 4.69) is 11.1 Å². The molecule has 0 unspecified atom stereocenters. The van der Waals surface area contributed by atoms with Crippen molar-refractivity contribution in [3.05, 3.63) is 42.6 Å². The molecule has 3 rings (SSSR count). The van der Waals surface area contributed by atoms with Crippen LogP contribution < -0.4 is 0 Å². The molecule has 0 saturated heterocycles. The molecule has 3 heteroatoms. The predicted octanol–water partition coefficient (Wildman–Crippen LogP) is 2.12. The van der Waals surface area contributed by atoms with E-state index in [-0.39, 0.29) is 0 Å². The van der Waals surface area contributed by atoms with Crippen molar-refractivity contribution >= 4 is 29.9 Å². The van der Waals surface area contributed by atoms with Gasteiger partial charge >= 0.3 is 0 Å². The van der Waals surface area contributed by atoms with Crippen LogP contribution in [0.1, 0.15) is 0 Å². The highest BCUT2D eigenvalue weighted by Gasteiger charge is 2.05. The van der Waals surface area contributed by atoms with Crippen molar-refractivity contribution in [3.8, 4) is 0 Å². The first kappa shape index (κ1) is 7.62. The Hall–Kier alpha value is -1.77. The Kier molecular flexibility index (Phi) is 1.42. The number of benzene rings is 1. The normalized spacial score (nSPS) is 11.1. The van der Waals surface area contributed by atoms with Gasteiger partial charge in [0.15, 0.2) is 0 Å². The van der Waals surface area contributed by atoms with E-state index < -0.39 is 0 Å². The second kappa shape index (κ2) is 2.61. The first-order valence-electron chi connectivity index (χ1n) is 4.47. The summed E-state index contributed by atoms with van der Waals surface area (Å²) in [6.45, 7) is 0. The van der Waals surface area contributed by atoms with Crippen molar-refractivity contribution in [2.75, 3.05) is 0 Å². The molecule has 0 bridgehead atoms. The summed E-state index contributed by atoms with van der Waals surface area (Å²) in [5.74, 6) is 0. The van der Waals surface area contributed by atoms with E-state index in [0.29, 0.717) is 0 Å². The molecular formula is C11H7BN2. The van der Waals surface area contributed by atoms with Gasteiger partial charge < -0.3 is 4.48 Å². The Morgan fingerprint density at radius 1 is 1.00 bits per heavy atom. The maximum Gasteiger partial charge on any atom is 0.236 e. The van der Waals surface area contributed by atoms with Gasteiger partial charge in [-0.25, -0.2) is 4.98 Å². The number of hydrogen-bond acceptors (Lipinski definition) is 1. The molecule has 1 aromatic carbocycles. The first-order valence-corrected chi connectivity index (χ1v) is 4.47. The number of nitrogens with zero attached hydrogens (tertiary/aromatic N) is 2. The van der Waals surface area contributed by atoms with Gasteiger partial charge in [0.05, 0.1) is 0 Å². The quantitative estimate of drug-likeness (QED) is 0.482. The molecule has 0 aliphatic heterocycles. The molecule has 2 heterocycles. The smallest absolute Gasteiger partial charge is 0.236 e. The molecule has 0 aliphatic carbocycles. The van der Waals surface area contributed by atoms with Gasteiger partial charge in [0.1, 0.15) is 5.65 Å². The van der Waals surface area contributed by atoms with Crippen LogP contribution in [0, 0.1) is 0 Å². The highest BCUT2D eigenvalue weighted by molar-refractivity contribution is 6.20. The van der Waals surface area contributed by atoms with Crippen molar-refractivity contribution in [2.45, 2.75) is 0 Å². The van der Waals surface area contributed by atoms with Crippen LogP contribution in [0.5, 0.6) is 0 Å². The second-order valence-corrected chi connectivity index (χ2v) is 3.26. The third-order valence-electron chi connectivity index (χ3n) is 2.47. The van der Waals surface area contributed by atoms with E-state index in [9.17, 15) is 0 Å². The fourth-order valence-electron chi connectivity index (χ4n) is 1.82. The molecule has 3 aromatic rings. The van der Waals surface area contributed by atoms with Gasteiger partial charge in [0.25, 0.3) is 0 Å². The topological polar surface area (TPSA) is 17.8 Å². The van der Waals surface area contributed by atoms with Crippen molar-refractivity contribution in [1.82, 2.24) is 9.46 Å². The van der Waals surface area contributed by atoms with Crippen LogP contribution in [0.2, 0.25) is 0 Å². The van der Waals surface area contributed by atoms with Crippen LogP contribution in [-0.4, -0.2) is 17.4 Å². The Bertz CT molecular complexity index is 560. The van der Waals surface area contributed by atoms with Gasteiger partial charge in [-0.3, -0.25) is 0 Å². The van der Waals surface area contributed by atoms with Gasteiger partial charge in [-0.05, 0) is 18.2 Å². The van der Waals surface area contributed by atoms with E-state index in [0.717, 1.165) is 21.9 Å². The van der Waals surface area contributed by atoms with Crippen LogP contribution in [0.3, 0.4) is 0 Å². The van der Waals surface area contributed by atoms with Gasteiger partial charge in [-0.2, -0.15) is 0 Å². The maximum atomic E-state index is 5.93. The first-order chi connectivity index (χ1) is 6.88. The van der Waals surface area contributed by atoms with Gasteiger partial charge in [-0.15, -0.1) is 0 Å². The Labute approximate surface area is 82.6 Å². The summed E-state index contributed by atoms with van der Waals surface area (Å²) >= 11 is 0. The van der Waals surface area contributed by atoms with Gasteiger partial charge in [0.2, 0.25) is 7.98 Å². The average molecular weight is 178 g/mol. The molecule has 14 heavy (non-hydrogen) atoms. The third kappa shape index (κ3) is 0.840. The summed E-state index contributed by atoms with van der Waals surface area (Å²) in [4.78, 5) is 4.26. The number of aromatic nitrogens is 2. The molecule has 2 aromatic heterocycles. The molecule has 0 spiro atoms. The van der Waals surface area contributed by atoms with E-state index in [1.54, 1.807) is 10.7 Å². The number of pyridine rings is 1. The minimum Gasteiger partial charge on any atom is -0.382 e. The highest BCUT2D eigenvalue weighted by atomic mass is 15.0. The lowest BCUT2D eigenvalue weighted by Gasteiger charge is -1.95. The molecule has 0 saturated carbocycles. The Morgan fingerprint density at radius 2 is 1.79 bits per heavy atom. The number of hydrogen-bond donors (Lipinski definition) is 0. The van der Waals surface area contributed by atoms with Crippen LogP contribution in [-0.2, 0) is 0 Å². The van der Waals surface area contributed by atoms with Crippen molar-refractivity contribution in [3.63, 3.8) is 0 Å². The zero-order valence-corrected chi connectivity index (χ0v) is 7.51. The number of para-hydroxylation sites is 1. The van der Waals surface area contributed by atoms with E-state index in [1.165, 1.54) is 0 Å². The maximum absolute atomic E-state index is 5.93. The van der Waals surface area contributed by atoms with E-state index in [4.69, 9.17) is 7.98 Å². The standard InChI is InChI=1S/C11H7BN2/c12-14-10-6-2-1-4-8(10)9-5-3-7-13-11(9)14/h1-7H. The molecule has 0 atom stereocenters.